The van der Waals surface area contributed by atoms with Crippen LogP contribution in [0.1, 0.15) is 23.6 Å². The lowest BCUT2D eigenvalue weighted by molar-refractivity contribution is -0.308. The van der Waals surface area contributed by atoms with Crippen LogP contribution in [0.5, 0.6) is 0 Å². The fourth-order valence-electron chi connectivity index (χ4n) is 4.66. The number of nitrogen functional groups attached to an aromatic ring is 1. The fourth-order valence-corrected chi connectivity index (χ4v) is 6.70. The number of aromatic nitrogens is 5. The highest BCUT2D eigenvalue weighted by atomic mass is 35.5. The van der Waals surface area contributed by atoms with Crippen LogP contribution in [0.25, 0.3) is 11.4 Å². The Labute approximate surface area is 236 Å². The topological polar surface area (TPSA) is 143 Å². The van der Waals surface area contributed by atoms with E-state index in [1.807, 2.05) is 35.7 Å². The Morgan fingerprint density at radius 2 is 2.10 bits per heavy atom. The second-order valence-electron chi connectivity index (χ2n) is 8.80. The van der Waals surface area contributed by atoms with Gasteiger partial charge in [0.2, 0.25) is 0 Å². The van der Waals surface area contributed by atoms with E-state index in [2.05, 4.69) is 26.3 Å². The number of thiazole rings is 1. The molecule has 200 valence electrons. The minimum absolute atomic E-state index is 0.242. The van der Waals surface area contributed by atoms with Crippen LogP contribution < -0.4 is 5.73 Å². The number of hydrogen-bond acceptors (Lipinski definition) is 12. The molecule has 2 aliphatic heterocycles. The van der Waals surface area contributed by atoms with E-state index >= 15 is 0 Å². The van der Waals surface area contributed by atoms with Gasteiger partial charge in [0.05, 0.1) is 17.8 Å². The van der Waals surface area contributed by atoms with E-state index in [1.165, 1.54) is 29.3 Å². The molecule has 6 rings (SSSR count). The van der Waals surface area contributed by atoms with Crippen LogP contribution in [-0.2, 0) is 18.9 Å². The predicted molar refractivity (Wildman–Crippen MR) is 144 cm³/mol. The van der Waals surface area contributed by atoms with Crippen LogP contribution in [0.15, 0.2) is 59.1 Å². The smallest absolute Gasteiger partial charge is 0.184 e. The van der Waals surface area contributed by atoms with Gasteiger partial charge in [0, 0.05) is 29.1 Å². The minimum atomic E-state index is -0.594. The molecule has 0 aliphatic carbocycles. The Hall–Kier alpha value is -3.09. The molecule has 0 saturated carbocycles. The largest absolute Gasteiger partial charge is 0.375 e. The third-order valence-corrected chi connectivity index (χ3v) is 8.48. The summed E-state index contributed by atoms with van der Waals surface area (Å²) >= 11 is 8.83. The standard InChI is InChI=1S/C25H22ClN7O4S2/c1-34-22-20(33-10-16(31-32-33)17-12-38-25(28)30-17)21-18(11-35-23(37-21)13-5-3-2-4-6-13)36-24(22)39-19-7-14(26)9-29-15(19)8-27/h2-7,9-10,12,18,20-24H,11H2,1H3,(H2,28,30)/t18?,20?,21-,22?,23?,24+/m0/s1. The van der Waals surface area contributed by atoms with Gasteiger partial charge in [0.25, 0.3) is 0 Å². The zero-order valence-electron chi connectivity index (χ0n) is 20.5. The van der Waals surface area contributed by atoms with E-state index in [0.29, 0.717) is 26.4 Å². The van der Waals surface area contributed by atoms with Crippen molar-refractivity contribution in [2.75, 3.05) is 19.5 Å². The Bertz CT molecular complexity index is 1500. The van der Waals surface area contributed by atoms with Crippen molar-refractivity contribution in [2.24, 2.45) is 0 Å². The van der Waals surface area contributed by atoms with Gasteiger partial charge in [0.1, 0.15) is 47.2 Å². The monoisotopic (exact) mass is 583 g/mol. The number of ether oxygens (including phenoxy) is 4. The number of nitrogens with zero attached hydrogens (tertiary/aromatic N) is 6. The summed E-state index contributed by atoms with van der Waals surface area (Å²) in [7, 11) is 1.60. The summed E-state index contributed by atoms with van der Waals surface area (Å²) in [5.41, 5.74) is 7.60. The number of nitriles is 1. The molecule has 2 N–H and O–H groups in total. The molecule has 14 heteroatoms. The Balaban J connectivity index is 1.37. The van der Waals surface area contributed by atoms with Crippen molar-refractivity contribution in [1.29, 1.82) is 5.26 Å². The number of anilines is 1. The number of nitrogens with two attached hydrogens (primary N) is 1. The van der Waals surface area contributed by atoms with E-state index in [1.54, 1.807) is 24.1 Å². The van der Waals surface area contributed by atoms with Crippen LogP contribution in [-0.4, -0.2) is 62.4 Å². The zero-order chi connectivity index (χ0) is 26.9. The lowest BCUT2D eigenvalue weighted by atomic mass is 9.95. The second-order valence-corrected chi connectivity index (χ2v) is 11.3. The summed E-state index contributed by atoms with van der Waals surface area (Å²) < 4.78 is 26.8. The molecular formula is C25H22ClN7O4S2. The average Bonchev–Trinajstić information content (AvgIpc) is 3.62. The number of halogens is 1. The molecule has 2 aliphatic rings. The molecule has 1 aromatic carbocycles. The summed E-state index contributed by atoms with van der Waals surface area (Å²) in [6.45, 7) is 0.275. The maximum Gasteiger partial charge on any atom is 0.184 e. The lowest BCUT2D eigenvalue weighted by Crippen LogP contribution is -2.59. The first-order valence-corrected chi connectivity index (χ1v) is 14.0. The van der Waals surface area contributed by atoms with Gasteiger partial charge in [-0.05, 0) is 6.07 Å². The van der Waals surface area contributed by atoms with Crippen LogP contribution in [0, 0.1) is 11.3 Å². The summed E-state index contributed by atoms with van der Waals surface area (Å²) in [6.07, 6.45) is 1.13. The van der Waals surface area contributed by atoms with Gasteiger partial charge in [-0.1, -0.05) is 58.9 Å². The predicted octanol–water partition coefficient (Wildman–Crippen LogP) is 4.09. The van der Waals surface area contributed by atoms with Crippen molar-refractivity contribution in [2.45, 2.75) is 41.0 Å². The summed E-state index contributed by atoms with van der Waals surface area (Å²) in [4.78, 5) is 9.06. The summed E-state index contributed by atoms with van der Waals surface area (Å²) in [6, 6.07) is 13.0. The Morgan fingerprint density at radius 3 is 2.85 bits per heavy atom. The number of rotatable bonds is 6. The van der Waals surface area contributed by atoms with Gasteiger partial charge < -0.3 is 24.7 Å². The Kier molecular flexibility index (Phi) is 7.50. The van der Waals surface area contributed by atoms with Gasteiger partial charge in [0.15, 0.2) is 17.1 Å². The molecule has 0 bridgehead atoms. The van der Waals surface area contributed by atoms with Gasteiger partial charge in [-0.2, -0.15) is 5.26 Å². The van der Waals surface area contributed by atoms with Crippen molar-refractivity contribution in [1.82, 2.24) is 25.0 Å². The molecule has 39 heavy (non-hydrogen) atoms. The molecule has 3 aromatic heterocycles. The minimum Gasteiger partial charge on any atom is -0.375 e. The van der Waals surface area contributed by atoms with Crippen molar-refractivity contribution in [3.05, 3.63) is 70.5 Å². The molecule has 0 spiro atoms. The third-order valence-electron chi connectivity index (χ3n) is 6.42. The normalized spacial score (nSPS) is 26.6. The van der Waals surface area contributed by atoms with Crippen molar-refractivity contribution < 1.29 is 18.9 Å². The van der Waals surface area contributed by atoms with Crippen molar-refractivity contribution in [3.8, 4) is 17.5 Å². The molecule has 0 radical (unpaired) electrons. The molecule has 6 atom stereocenters. The first kappa shape index (κ1) is 26.1. The van der Waals surface area contributed by atoms with E-state index in [0.717, 1.165) is 5.56 Å². The van der Waals surface area contributed by atoms with Gasteiger partial charge in [-0.15, -0.1) is 16.4 Å². The molecule has 11 nitrogen and oxygen atoms in total. The highest BCUT2D eigenvalue weighted by molar-refractivity contribution is 7.99. The SMILES string of the molecule is COC1C(n2cc(-c3csc(N)n3)nn2)[C@H]2OC(c3ccccc3)OCC2O[C@@H]1Sc1cc(Cl)cnc1C#N. The fraction of sp³-hybridized carbons (Fsp3) is 0.320. The molecule has 2 fully saturated rings. The van der Waals surface area contributed by atoms with Crippen molar-refractivity contribution in [3.63, 3.8) is 0 Å². The maximum absolute atomic E-state index is 9.61. The quantitative estimate of drug-likeness (QED) is 0.350. The van der Waals surface area contributed by atoms with E-state index in [9.17, 15) is 5.26 Å². The Morgan fingerprint density at radius 1 is 1.26 bits per heavy atom. The number of hydrogen-bond donors (Lipinski definition) is 1. The first-order chi connectivity index (χ1) is 19.0. The number of methoxy groups -OCH3 is 1. The van der Waals surface area contributed by atoms with Crippen LogP contribution >= 0.6 is 34.7 Å². The molecule has 4 unspecified atom stereocenters. The molecule has 5 heterocycles. The van der Waals surface area contributed by atoms with E-state index < -0.39 is 36.1 Å². The van der Waals surface area contributed by atoms with Crippen molar-refractivity contribution >= 4 is 39.8 Å². The number of fused-ring (bicyclic) bond motifs is 1. The highest BCUT2D eigenvalue weighted by Gasteiger charge is 2.52. The van der Waals surface area contributed by atoms with Gasteiger partial charge >= 0.3 is 0 Å². The third kappa shape index (κ3) is 5.24. The molecule has 2 saturated heterocycles. The number of pyridine rings is 1. The van der Waals surface area contributed by atoms with E-state index in [-0.39, 0.29) is 12.3 Å². The molecule has 0 amide bonds. The first-order valence-electron chi connectivity index (χ1n) is 11.9. The van der Waals surface area contributed by atoms with Crippen LogP contribution in [0.2, 0.25) is 5.02 Å². The van der Waals surface area contributed by atoms with E-state index in [4.69, 9.17) is 36.3 Å². The maximum atomic E-state index is 9.61. The van der Waals surface area contributed by atoms with Gasteiger partial charge in [-0.25, -0.2) is 14.6 Å². The second kappa shape index (κ2) is 11.2. The summed E-state index contributed by atoms with van der Waals surface area (Å²) in [5, 5.41) is 21.1. The van der Waals surface area contributed by atoms with Crippen LogP contribution in [0.4, 0.5) is 5.13 Å². The molecule has 4 aromatic rings. The average molecular weight is 584 g/mol. The molecular weight excluding hydrogens is 562 g/mol. The number of thioether (sulfide) groups is 1. The highest BCUT2D eigenvalue weighted by Crippen LogP contribution is 2.45. The summed E-state index contributed by atoms with van der Waals surface area (Å²) in [5.74, 6) is 0. The van der Waals surface area contributed by atoms with Gasteiger partial charge in [-0.3, -0.25) is 0 Å². The van der Waals surface area contributed by atoms with Crippen LogP contribution in [0.3, 0.4) is 0 Å². The zero-order valence-corrected chi connectivity index (χ0v) is 22.8. The number of benzene rings is 1. The lowest BCUT2D eigenvalue weighted by Gasteiger charge is -2.48.